The summed E-state index contributed by atoms with van der Waals surface area (Å²) in [7, 11) is 0. The number of aromatic nitrogens is 1. The van der Waals surface area contributed by atoms with Gasteiger partial charge in [-0.15, -0.1) is 0 Å². The van der Waals surface area contributed by atoms with Crippen molar-refractivity contribution in [1.82, 2.24) is 10.3 Å². The number of pyridine rings is 1. The fourth-order valence-electron chi connectivity index (χ4n) is 2.89. The van der Waals surface area contributed by atoms with Gasteiger partial charge in [-0.05, 0) is 49.9 Å². The lowest BCUT2D eigenvalue weighted by Crippen LogP contribution is -2.38. The molecular weight excluding hydrogens is 346 g/mol. The number of carbonyl (C=O) groups excluding carboxylic acids is 1. The molecule has 8 nitrogen and oxygen atoms in total. The quantitative estimate of drug-likeness (QED) is 0.485. The van der Waals surface area contributed by atoms with Crippen LogP contribution in [-0.2, 0) is 0 Å². The van der Waals surface area contributed by atoms with Gasteiger partial charge in [0.1, 0.15) is 5.69 Å². The maximum Gasteiger partial charge on any atom is 0.293 e. The molecule has 0 spiro atoms. The summed E-state index contributed by atoms with van der Waals surface area (Å²) in [5, 5.41) is 17.3. The van der Waals surface area contributed by atoms with Gasteiger partial charge in [0.15, 0.2) is 0 Å². The third-order valence-corrected chi connectivity index (χ3v) is 4.69. The highest BCUT2D eigenvalue weighted by Gasteiger charge is 2.28. The molecule has 2 unspecified atom stereocenters. The zero-order chi connectivity index (χ0) is 19.4. The lowest BCUT2D eigenvalue weighted by molar-refractivity contribution is -0.384. The molecule has 0 radical (unpaired) electrons. The molecule has 8 heteroatoms. The number of carbonyl (C=O) groups is 1. The van der Waals surface area contributed by atoms with Crippen molar-refractivity contribution in [3.8, 4) is 0 Å². The zero-order valence-corrected chi connectivity index (χ0v) is 15.1. The minimum absolute atomic E-state index is 0.0657. The highest BCUT2D eigenvalue weighted by atomic mass is 16.6. The van der Waals surface area contributed by atoms with Crippen LogP contribution < -0.4 is 16.4 Å². The van der Waals surface area contributed by atoms with E-state index < -0.39 is 4.92 Å². The van der Waals surface area contributed by atoms with Crippen LogP contribution in [0.25, 0.3) is 0 Å². The van der Waals surface area contributed by atoms with E-state index in [1.165, 1.54) is 6.07 Å². The van der Waals surface area contributed by atoms with Gasteiger partial charge in [-0.1, -0.05) is 6.07 Å². The average molecular weight is 369 g/mol. The number of anilines is 1. The van der Waals surface area contributed by atoms with Crippen molar-refractivity contribution < 1.29 is 9.72 Å². The molecule has 0 bridgehead atoms. The van der Waals surface area contributed by atoms with Crippen LogP contribution >= 0.6 is 0 Å². The van der Waals surface area contributed by atoms with Crippen LogP contribution in [0.3, 0.4) is 0 Å². The lowest BCUT2D eigenvalue weighted by atomic mass is 10.1. The largest absolute Gasteiger partial charge is 0.371 e. The van der Waals surface area contributed by atoms with Gasteiger partial charge in [-0.2, -0.15) is 0 Å². The molecule has 142 valence electrons. The number of hydrogen-bond acceptors (Lipinski definition) is 6. The van der Waals surface area contributed by atoms with Crippen molar-refractivity contribution in [3.05, 3.63) is 64.0 Å². The van der Waals surface area contributed by atoms with Gasteiger partial charge in [0.05, 0.1) is 16.7 Å². The van der Waals surface area contributed by atoms with Crippen molar-refractivity contribution in [3.63, 3.8) is 0 Å². The van der Waals surface area contributed by atoms with E-state index in [9.17, 15) is 14.9 Å². The Hall–Kier alpha value is -3.00. The van der Waals surface area contributed by atoms with E-state index >= 15 is 0 Å². The Morgan fingerprint density at radius 1 is 1.37 bits per heavy atom. The van der Waals surface area contributed by atoms with Gasteiger partial charge in [0.2, 0.25) is 0 Å². The van der Waals surface area contributed by atoms with Crippen molar-refractivity contribution in [1.29, 1.82) is 0 Å². The second kappa shape index (κ2) is 8.13. The normalized spacial score (nSPS) is 15.6. The van der Waals surface area contributed by atoms with Gasteiger partial charge in [0.25, 0.3) is 11.6 Å². The predicted molar refractivity (Wildman–Crippen MR) is 102 cm³/mol. The first kappa shape index (κ1) is 18.8. The molecule has 1 heterocycles. The minimum atomic E-state index is -0.500. The molecule has 1 fully saturated rings. The van der Waals surface area contributed by atoms with E-state index in [2.05, 4.69) is 15.6 Å². The standard InChI is InChI=1S/C19H23N5O3/c1-12(16-4-2-3-9-21-16)23-17-8-7-14(10-18(17)24(26)27)19(25)22-11-15(20)13-5-6-13/h2-4,7-10,12-13,15,23H,5-6,11,20H2,1H3,(H,22,25). The van der Waals surface area contributed by atoms with Gasteiger partial charge >= 0.3 is 0 Å². The predicted octanol–water partition coefficient (Wildman–Crippen LogP) is 2.63. The number of amides is 1. The van der Waals surface area contributed by atoms with Crippen LogP contribution in [0, 0.1) is 16.0 Å². The summed E-state index contributed by atoms with van der Waals surface area (Å²) >= 11 is 0. The molecular formula is C19H23N5O3. The Balaban J connectivity index is 1.72. The number of nitro benzene ring substituents is 1. The Labute approximate surface area is 157 Å². The molecule has 0 saturated heterocycles. The minimum Gasteiger partial charge on any atom is -0.371 e. The number of nitro groups is 1. The molecule has 0 aliphatic heterocycles. The molecule has 3 rings (SSSR count). The molecule has 2 aromatic rings. The van der Waals surface area contributed by atoms with Gasteiger partial charge in [0, 0.05) is 30.4 Å². The first-order valence-corrected chi connectivity index (χ1v) is 8.95. The Kier molecular flexibility index (Phi) is 5.66. The Morgan fingerprint density at radius 3 is 2.78 bits per heavy atom. The van der Waals surface area contributed by atoms with E-state index in [0.717, 1.165) is 18.5 Å². The van der Waals surface area contributed by atoms with Crippen molar-refractivity contribution >= 4 is 17.3 Å². The number of nitrogens with two attached hydrogens (primary N) is 1. The van der Waals surface area contributed by atoms with Crippen LogP contribution in [0.4, 0.5) is 11.4 Å². The van der Waals surface area contributed by atoms with E-state index in [1.54, 1.807) is 24.4 Å². The Morgan fingerprint density at radius 2 is 2.15 bits per heavy atom. The molecule has 1 aromatic carbocycles. The maximum absolute atomic E-state index is 12.3. The first-order chi connectivity index (χ1) is 13.0. The van der Waals surface area contributed by atoms with E-state index in [1.807, 2.05) is 19.1 Å². The van der Waals surface area contributed by atoms with Gasteiger partial charge in [-0.25, -0.2) is 0 Å². The third kappa shape index (κ3) is 4.79. The zero-order valence-electron chi connectivity index (χ0n) is 15.1. The van der Waals surface area contributed by atoms with Crippen LogP contribution in [0.2, 0.25) is 0 Å². The van der Waals surface area contributed by atoms with E-state index in [-0.39, 0.29) is 29.2 Å². The van der Waals surface area contributed by atoms with Gasteiger partial charge in [-0.3, -0.25) is 19.9 Å². The summed E-state index contributed by atoms with van der Waals surface area (Å²) in [5.74, 6) is 0.109. The SMILES string of the molecule is CC(Nc1ccc(C(=O)NCC(N)C2CC2)cc1[N+](=O)[O-])c1ccccn1. The number of rotatable bonds is 8. The lowest BCUT2D eigenvalue weighted by Gasteiger charge is -2.15. The van der Waals surface area contributed by atoms with E-state index in [0.29, 0.717) is 18.2 Å². The van der Waals surface area contributed by atoms with Crippen molar-refractivity contribution in [2.24, 2.45) is 11.7 Å². The number of benzene rings is 1. The van der Waals surface area contributed by atoms with E-state index in [4.69, 9.17) is 5.73 Å². The number of nitrogens with zero attached hydrogens (tertiary/aromatic N) is 2. The second-order valence-electron chi connectivity index (χ2n) is 6.82. The van der Waals surface area contributed by atoms with Crippen LogP contribution in [0.15, 0.2) is 42.6 Å². The third-order valence-electron chi connectivity index (χ3n) is 4.69. The molecule has 1 aliphatic rings. The van der Waals surface area contributed by atoms with Crippen LogP contribution in [0.1, 0.15) is 41.9 Å². The first-order valence-electron chi connectivity index (χ1n) is 8.95. The van der Waals surface area contributed by atoms with Crippen LogP contribution in [-0.4, -0.2) is 28.4 Å². The molecule has 1 saturated carbocycles. The highest BCUT2D eigenvalue weighted by molar-refractivity contribution is 5.95. The molecule has 2 atom stereocenters. The molecule has 4 N–H and O–H groups in total. The van der Waals surface area contributed by atoms with Gasteiger partial charge < -0.3 is 16.4 Å². The summed E-state index contributed by atoms with van der Waals surface area (Å²) in [6.07, 6.45) is 3.86. The Bertz CT molecular complexity index is 823. The second-order valence-corrected chi connectivity index (χ2v) is 6.82. The fourth-order valence-corrected chi connectivity index (χ4v) is 2.89. The summed E-state index contributed by atoms with van der Waals surface area (Å²) in [6, 6.07) is 9.62. The topological polar surface area (TPSA) is 123 Å². The summed E-state index contributed by atoms with van der Waals surface area (Å²) in [5.41, 5.74) is 7.16. The molecule has 27 heavy (non-hydrogen) atoms. The number of nitrogens with one attached hydrogen (secondary N) is 2. The molecule has 1 aliphatic carbocycles. The average Bonchev–Trinajstić information content (AvgIpc) is 3.52. The molecule has 1 aromatic heterocycles. The summed E-state index contributed by atoms with van der Waals surface area (Å²) < 4.78 is 0. The maximum atomic E-state index is 12.3. The monoisotopic (exact) mass is 369 g/mol. The highest BCUT2D eigenvalue weighted by Crippen LogP contribution is 2.31. The number of hydrogen-bond donors (Lipinski definition) is 3. The van der Waals surface area contributed by atoms with Crippen LogP contribution in [0.5, 0.6) is 0 Å². The summed E-state index contributed by atoms with van der Waals surface area (Å²) in [4.78, 5) is 27.5. The summed E-state index contributed by atoms with van der Waals surface area (Å²) in [6.45, 7) is 2.24. The molecule has 1 amide bonds. The van der Waals surface area contributed by atoms with Crippen molar-refractivity contribution in [2.75, 3.05) is 11.9 Å². The fraction of sp³-hybridized carbons (Fsp3) is 0.368. The van der Waals surface area contributed by atoms with Crippen molar-refractivity contribution in [2.45, 2.75) is 31.8 Å². The smallest absolute Gasteiger partial charge is 0.293 e.